The van der Waals surface area contributed by atoms with Crippen LogP contribution in [-0.2, 0) is 0 Å². The molecule has 0 spiro atoms. The average molecular weight is 296 g/mol. The van der Waals surface area contributed by atoms with Gasteiger partial charge in [-0.25, -0.2) is 0 Å². The van der Waals surface area contributed by atoms with Crippen LogP contribution in [0.5, 0.6) is 0 Å². The molecule has 2 aromatic rings. The van der Waals surface area contributed by atoms with Crippen molar-refractivity contribution in [3.63, 3.8) is 0 Å². The number of benzene rings is 1. The minimum Gasteiger partial charge on any atom is -0.150 e. The first-order chi connectivity index (χ1) is 7.83. The summed E-state index contributed by atoms with van der Waals surface area (Å²) >= 11 is 4.99. The Kier molecular flexibility index (Phi) is 2.49. The Hall–Kier alpha value is -1.21. The minimum atomic E-state index is 0.737. The van der Waals surface area contributed by atoms with Gasteiger partial charge < -0.3 is 0 Å². The van der Waals surface area contributed by atoms with Crippen LogP contribution in [0.1, 0.15) is 5.56 Å². The zero-order chi connectivity index (χ0) is 11.0. The van der Waals surface area contributed by atoms with Crippen LogP contribution in [0.3, 0.4) is 0 Å². The van der Waals surface area contributed by atoms with Gasteiger partial charge in [-0.2, -0.15) is 0 Å². The number of nitrogens with zero attached hydrogens (tertiary/aromatic N) is 5. The topological polar surface area (TPSA) is 56.0 Å². The molecule has 0 atom stereocenters. The SMILES string of the molecule is Brc1ccc(C2=Nn3nnnc3SC2)cc1. The molecule has 80 valence electrons. The van der Waals surface area contributed by atoms with Crippen LogP contribution in [-0.4, -0.2) is 31.8 Å². The average Bonchev–Trinajstić information content (AvgIpc) is 2.77. The second kappa shape index (κ2) is 3.99. The lowest BCUT2D eigenvalue weighted by atomic mass is 10.1. The van der Waals surface area contributed by atoms with E-state index in [4.69, 9.17) is 0 Å². The van der Waals surface area contributed by atoms with Crippen molar-refractivity contribution in [1.29, 1.82) is 0 Å². The molecule has 0 unspecified atom stereocenters. The Balaban J connectivity index is 2.00. The van der Waals surface area contributed by atoms with Crippen molar-refractivity contribution in [2.75, 3.05) is 5.75 Å². The maximum Gasteiger partial charge on any atom is 0.233 e. The number of fused-ring (bicyclic) bond motifs is 1. The fourth-order valence-corrected chi connectivity index (χ4v) is 2.42. The summed E-state index contributed by atoms with van der Waals surface area (Å²) in [5.74, 6) is 0.794. The van der Waals surface area contributed by atoms with Crippen molar-refractivity contribution in [3.05, 3.63) is 34.3 Å². The third kappa shape index (κ3) is 1.76. The highest BCUT2D eigenvalue weighted by Gasteiger charge is 2.16. The van der Waals surface area contributed by atoms with E-state index in [1.165, 1.54) is 4.79 Å². The van der Waals surface area contributed by atoms with E-state index in [2.05, 4.69) is 36.6 Å². The van der Waals surface area contributed by atoms with Crippen molar-refractivity contribution in [1.82, 2.24) is 20.3 Å². The summed E-state index contributed by atoms with van der Waals surface area (Å²) in [5, 5.41) is 16.3. The van der Waals surface area contributed by atoms with E-state index in [9.17, 15) is 0 Å². The van der Waals surface area contributed by atoms with Gasteiger partial charge in [-0.3, -0.25) is 0 Å². The quantitative estimate of drug-likeness (QED) is 0.805. The molecule has 0 saturated carbocycles. The number of thioether (sulfide) groups is 1. The van der Waals surface area contributed by atoms with Crippen LogP contribution in [0, 0.1) is 0 Å². The molecule has 1 aromatic carbocycles. The number of rotatable bonds is 1. The first-order valence-electron chi connectivity index (χ1n) is 4.58. The van der Waals surface area contributed by atoms with E-state index in [-0.39, 0.29) is 0 Å². The molecular weight excluding hydrogens is 290 g/mol. The molecule has 0 fully saturated rings. The van der Waals surface area contributed by atoms with Gasteiger partial charge in [0.2, 0.25) is 5.16 Å². The summed E-state index contributed by atoms with van der Waals surface area (Å²) in [6.07, 6.45) is 0. The maximum atomic E-state index is 4.37. The van der Waals surface area contributed by atoms with Gasteiger partial charge in [-0.15, -0.1) is 9.89 Å². The number of aromatic nitrogens is 4. The first kappa shape index (κ1) is 9.98. The van der Waals surface area contributed by atoms with Gasteiger partial charge in [0.1, 0.15) is 0 Å². The van der Waals surface area contributed by atoms with Crippen LogP contribution in [0.15, 0.2) is 39.0 Å². The van der Waals surface area contributed by atoms with Crippen molar-refractivity contribution < 1.29 is 0 Å². The minimum absolute atomic E-state index is 0.737. The molecule has 0 aliphatic carbocycles. The van der Waals surface area contributed by atoms with Crippen molar-refractivity contribution in [2.24, 2.45) is 5.10 Å². The van der Waals surface area contributed by atoms with Crippen molar-refractivity contribution in [2.45, 2.75) is 5.16 Å². The summed E-state index contributed by atoms with van der Waals surface area (Å²) < 4.78 is 1.06. The number of hydrogen-bond donors (Lipinski definition) is 0. The summed E-state index contributed by atoms with van der Waals surface area (Å²) in [4.78, 5) is 1.46. The Morgan fingerprint density at radius 1 is 1.25 bits per heavy atom. The molecule has 1 aromatic heterocycles. The maximum absolute atomic E-state index is 4.37. The summed E-state index contributed by atoms with van der Waals surface area (Å²) in [7, 11) is 0. The van der Waals surface area contributed by atoms with Gasteiger partial charge in [0.05, 0.1) is 5.71 Å². The van der Waals surface area contributed by atoms with Gasteiger partial charge in [0.15, 0.2) is 0 Å². The van der Waals surface area contributed by atoms with Crippen LogP contribution in [0.4, 0.5) is 0 Å². The molecule has 1 aliphatic heterocycles. The third-order valence-electron chi connectivity index (χ3n) is 2.16. The highest BCUT2D eigenvalue weighted by Crippen LogP contribution is 2.21. The molecule has 0 radical (unpaired) electrons. The van der Waals surface area contributed by atoms with E-state index in [1.807, 2.05) is 24.3 Å². The molecule has 0 N–H and O–H groups in total. The second-order valence-electron chi connectivity index (χ2n) is 3.19. The molecule has 0 amide bonds. The fourth-order valence-electron chi connectivity index (χ4n) is 1.38. The van der Waals surface area contributed by atoms with Crippen molar-refractivity contribution in [3.8, 4) is 0 Å². The number of tetrazole rings is 1. The standard InChI is InChI=1S/C9H6BrN5S/c10-7-3-1-6(2-4-7)8-5-16-9-11-13-14-15(9)12-8/h1-4H,5H2. The smallest absolute Gasteiger partial charge is 0.150 e. The van der Waals surface area contributed by atoms with Gasteiger partial charge in [0, 0.05) is 10.2 Å². The monoisotopic (exact) mass is 295 g/mol. The van der Waals surface area contributed by atoms with Gasteiger partial charge in [-0.1, -0.05) is 44.9 Å². The Morgan fingerprint density at radius 3 is 2.88 bits per heavy atom. The first-order valence-corrected chi connectivity index (χ1v) is 6.36. The molecular formula is C9H6BrN5S. The van der Waals surface area contributed by atoms with Crippen LogP contribution in [0.25, 0.3) is 0 Å². The van der Waals surface area contributed by atoms with Gasteiger partial charge >= 0.3 is 0 Å². The molecule has 3 rings (SSSR count). The Morgan fingerprint density at radius 2 is 2.06 bits per heavy atom. The highest BCUT2D eigenvalue weighted by molar-refractivity contribution is 9.10. The molecule has 7 heteroatoms. The van der Waals surface area contributed by atoms with Gasteiger partial charge in [0.25, 0.3) is 0 Å². The van der Waals surface area contributed by atoms with Gasteiger partial charge in [-0.05, 0) is 28.1 Å². The van der Waals surface area contributed by atoms with E-state index in [1.54, 1.807) is 11.8 Å². The Bertz CT molecular complexity index is 547. The Labute approximate surface area is 104 Å². The van der Waals surface area contributed by atoms with Crippen LogP contribution < -0.4 is 0 Å². The summed E-state index contributed by atoms with van der Waals surface area (Å²) in [6, 6.07) is 8.05. The zero-order valence-corrected chi connectivity index (χ0v) is 10.4. The predicted molar refractivity (Wildman–Crippen MR) is 64.6 cm³/mol. The van der Waals surface area contributed by atoms with Crippen LogP contribution in [0.2, 0.25) is 0 Å². The fraction of sp³-hybridized carbons (Fsp3) is 0.111. The summed E-state index contributed by atoms with van der Waals surface area (Å²) in [6.45, 7) is 0. The molecule has 0 bridgehead atoms. The number of hydrogen-bond acceptors (Lipinski definition) is 5. The van der Waals surface area contributed by atoms with E-state index >= 15 is 0 Å². The lowest BCUT2D eigenvalue weighted by Crippen LogP contribution is -2.13. The molecule has 2 heterocycles. The molecule has 5 nitrogen and oxygen atoms in total. The largest absolute Gasteiger partial charge is 0.233 e. The highest BCUT2D eigenvalue weighted by atomic mass is 79.9. The number of halogens is 1. The lowest BCUT2D eigenvalue weighted by molar-refractivity contribution is 0.640. The van der Waals surface area contributed by atoms with E-state index in [0.29, 0.717) is 0 Å². The zero-order valence-electron chi connectivity index (χ0n) is 8.04. The van der Waals surface area contributed by atoms with E-state index < -0.39 is 0 Å². The molecule has 16 heavy (non-hydrogen) atoms. The van der Waals surface area contributed by atoms with Crippen LogP contribution >= 0.6 is 27.7 Å². The lowest BCUT2D eigenvalue weighted by Gasteiger charge is -2.10. The third-order valence-corrected chi connectivity index (χ3v) is 3.61. The molecule has 0 saturated heterocycles. The van der Waals surface area contributed by atoms with Crippen molar-refractivity contribution >= 4 is 33.4 Å². The normalized spacial score (nSPS) is 14.4. The van der Waals surface area contributed by atoms with E-state index in [0.717, 1.165) is 26.7 Å². The second-order valence-corrected chi connectivity index (χ2v) is 5.05. The molecule has 1 aliphatic rings. The summed E-state index contributed by atoms with van der Waals surface area (Å²) in [5.41, 5.74) is 2.08. The predicted octanol–water partition coefficient (Wildman–Crippen LogP) is 1.79.